The fourth-order valence-corrected chi connectivity index (χ4v) is 2.18. The van der Waals surface area contributed by atoms with Crippen molar-refractivity contribution in [3.05, 3.63) is 29.3 Å². The molecule has 1 amide bonds. The summed E-state index contributed by atoms with van der Waals surface area (Å²) in [6.45, 7) is 2.79. The number of carbonyl (C=O) groups is 2. The summed E-state index contributed by atoms with van der Waals surface area (Å²) in [5.74, 6) is -0.835. The lowest BCUT2D eigenvalue weighted by atomic mass is 10.1. The number of hydrogen-bond acceptors (Lipinski definition) is 5. The average molecular weight is 292 g/mol. The van der Waals surface area contributed by atoms with Gasteiger partial charge in [0.1, 0.15) is 0 Å². The number of benzene rings is 1. The maximum atomic E-state index is 11.9. The van der Waals surface area contributed by atoms with Crippen LogP contribution in [0.1, 0.15) is 28.8 Å². The van der Waals surface area contributed by atoms with Gasteiger partial charge in [-0.25, -0.2) is 4.79 Å². The van der Waals surface area contributed by atoms with E-state index < -0.39 is 5.97 Å². The second kappa shape index (κ2) is 7.08. The van der Waals surface area contributed by atoms with Crippen LogP contribution in [0.5, 0.6) is 0 Å². The predicted octanol–water partition coefficient (Wildman–Crippen LogP) is 1.03. The van der Waals surface area contributed by atoms with Crippen molar-refractivity contribution in [2.45, 2.75) is 25.8 Å². The van der Waals surface area contributed by atoms with Crippen LogP contribution in [-0.4, -0.2) is 37.7 Å². The first-order valence-corrected chi connectivity index (χ1v) is 6.96. The molecule has 0 saturated carbocycles. The number of carbonyl (C=O) groups excluding carboxylic acids is 2. The van der Waals surface area contributed by atoms with E-state index in [2.05, 4.69) is 5.32 Å². The first-order chi connectivity index (χ1) is 10.1. The van der Waals surface area contributed by atoms with Crippen LogP contribution in [0.2, 0.25) is 0 Å². The zero-order chi connectivity index (χ0) is 15.2. The van der Waals surface area contributed by atoms with Crippen LogP contribution in [0.15, 0.2) is 18.2 Å². The number of esters is 1. The minimum atomic E-state index is -0.540. The Morgan fingerprint density at radius 1 is 1.38 bits per heavy atom. The fourth-order valence-electron chi connectivity index (χ4n) is 2.18. The number of rotatable bonds is 4. The summed E-state index contributed by atoms with van der Waals surface area (Å²) >= 11 is 0. The molecule has 2 rings (SSSR count). The van der Waals surface area contributed by atoms with E-state index in [0.717, 1.165) is 18.4 Å². The number of ether oxygens (including phenoxy) is 2. The van der Waals surface area contributed by atoms with Crippen molar-refractivity contribution in [1.29, 1.82) is 0 Å². The summed E-state index contributed by atoms with van der Waals surface area (Å²) in [5, 5.41) is 2.83. The minimum Gasteiger partial charge on any atom is -0.452 e. The Labute approximate surface area is 123 Å². The van der Waals surface area contributed by atoms with Gasteiger partial charge in [0.2, 0.25) is 0 Å². The van der Waals surface area contributed by atoms with Crippen molar-refractivity contribution in [3.63, 3.8) is 0 Å². The van der Waals surface area contributed by atoms with Crippen molar-refractivity contribution in [3.8, 4) is 0 Å². The summed E-state index contributed by atoms with van der Waals surface area (Å²) in [6, 6.07) is 5.10. The molecule has 0 unspecified atom stereocenters. The van der Waals surface area contributed by atoms with Crippen molar-refractivity contribution in [1.82, 2.24) is 5.32 Å². The van der Waals surface area contributed by atoms with E-state index in [0.29, 0.717) is 24.5 Å². The van der Waals surface area contributed by atoms with Gasteiger partial charge in [-0.2, -0.15) is 0 Å². The Hall–Kier alpha value is -2.08. The summed E-state index contributed by atoms with van der Waals surface area (Å²) in [5.41, 5.74) is 7.28. The smallest absolute Gasteiger partial charge is 0.338 e. The highest BCUT2D eigenvalue weighted by atomic mass is 16.5. The van der Waals surface area contributed by atoms with Gasteiger partial charge in [0.25, 0.3) is 5.91 Å². The Kier molecular flexibility index (Phi) is 5.16. The van der Waals surface area contributed by atoms with Crippen LogP contribution in [-0.2, 0) is 14.3 Å². The lowest BCUT2D eigenvalue weighted by Gasteiger charge is -2.22. The molecule has 1 saturated heterocycles. The zero-order valence-electron chi connectivity index (χ0n) is 12.1. The predicted molar refractivity (Wildman–Crippen MR) is 77.9 cm³/mol. The number of anilines is 1. The molecule has 21 heavy (non-hydrogen) atoms. The second-order valence-corrected chi connectivity index (χ2v) is 5.10. The minimum absolute atomic E-state index is 0.0963. The molecule has 0 spiro atoms. The molecule has 114 valence electrons. The molecule has 1 aromatic rings. The highest BCUT2D eigenvalue weighted by Gasteiger charge is 2.18. The topological polar surface area (TPSA) is 90.7 Å². The summed E-state index contributed by atoms with van der Waals surface area (Å²) in [6.07, 6.45) is 1.57. The van der Waals surface area contributed by atoms with Crippen molar-refractivity contribution in [2.24, 2.45) is 0 Å². The molecule has 0 atom stereocenters. The van der Waals surface area contributed by atoms with Gasteiger partial charge in [-0.15, -0.1) is 0 Å². The van der Waals surface area contributed by atoms with Crippen LogP contribution >= 0.6 is 0 Å². The Balaban J connectivity index is 1.82. The van der Waals surface area contributed by atoms with E-state index in [1.807, 2.05) is 0 Å². The largest absolute Gasteiger partial charge is 0.452 e. The standard InChI is InChI=1S/C15H20N2O4/c1-10-2-3-11(16)8-13(10)15(19)21-9-14(18)17-12-4-6-20-7-5-12/h2-3,8,12H,4-7,9,16H2,1H3,(H,17,18). The Morgan fingerprint density at radius 2 is 2.10 bits per heavy atom. The number of nitrogens with one attached hydrogen (secondary N) is 1. The highest BCUT2D eigenvalue weighted by Crippen LogP contribution is 2.13. The third-order valence-electron chi connectivity index (χ3n) is 3.40. The maximum Gasteiger partial charge on any atom is 0.338 e. The first-order valence-electron chi connectivity index (χ1n) is 6.96. The normalized spacial score (nSPS) is 15.5. The van der Waals surface area contributed by atoms with Gasteiger partial charge in [0.15, 0.2) is 6.61 Å². The molecule has 1 aromatic carbocycles. The van der Waals surface area contributed by atoms with Gasteiger partial charge in [-0.1, -0.05) is 6.07 Å². The van der Waals surface area contributed by atoms with Crippen molar-refractivity contribution >= 4 is 17.6 Å². The number of amides is 1. The quantitative estimate of drug-likeness (QED) is 0.639. The lowest BCUT2D eigenvalue weighted by molar-refractivity contribution is -0.125. The van der Waals surface area contributed by atoms with Crippen LogP contribution in [0.3, 0.4) is 0 Å². The third kappa shape index (κ3) is 4.46. The van der Waals surface area contributed by atoms with E-state index in [9.17, 15) is 9.59 Å². The van der Waals surface area contributed by atoms with E-state index >= 15 is 0 Å². The molecule has 6 nitrogen and oxygen atoms in total. The SMILES string of the molecule is Cc1ccc(N)cc1C(=O)OCC(=O)NC1CCOCC1. The van der Waals surface area contributed by atoms with Gasteiger partial charge in [-0.3, -0.25) is 4.79 Å². The van der Waals surface area contributed by atoms with Crippen LogP contribution in [0.4, 0.5) is 5.69 Å². The maximum absolute atomic E-state index is 11.9. The molecule has 1 aliphatic rings. The number of nitrogen functional groups attached to an aromatic ring is 1. The lowest BCUT2D eigenvalue weighted by Crippen LogP contribution is -2.41. The number of hydrogen-bond donors (Lipinski definition) is 2. The molecular weight excluding hydrogens is 272 g/mol. The molecular formula is C15H20N2O4. The molecule has 0 aliphatic carbocycles. The van der Waals surface area contributed by atoms with Gasteiger partial charge in [0, 0.05) is 24.9 Å². The summed E-state index contributed by atoms with van der Waals surface area (Å²) in [4.78, 5) is 23.7. The van der Waals surface area contributed by atoms with Crippen LogP contribution in [0.25, 0.3) is 0 Å². The van der Waals surface area contributed by atoms with E-state index in [-0.39, 0.29) is 18.6 Å². The second-order valence-electron chi connectivity index (χ2n) is 5.10. The molecule has 0 aromatic heterocycles. The molecule has 3 N–H and O–H groups in total. The van der Waals surface area contributed by atoms with Crippen LogP contribution < -0.4 is 11.1 Å². The first kappa shape index (κ1) is 15.3. The molecule has 0 bridgehead atoms. The van der Waals surface area contributed by atoms with Gasteiger partial charge in [0.05, 0.1) is 5.56 Å². The Morgan fingerprint density at radius 3 is 2.81 bits per heavy atom. The fraction of sp³-hybridized carbons (Fsp3) is 0.467. The van der Waals surface area contributed by atoms with Crippen molar-refractivity contribution < 1.29 is 19.1 Å². The third-order valence-corrected chi connectivity index (χ3v) is 3.40. The number of aryl methyl sites for hydroxylation is 1. The molecule has 6 heteroatoms. The summed E-state index contributed by atoms with van der Waals surface area (Å²) in [7, 11) is 0. The van der Waals surface area contributed by atoms with Gasteiger partial charge < -0.3 is 20.5 Å². The molecule has 1 aliphatic heterocycles. The Bertz CT molecular complexity index is 524. The van der Waals surface area contributed by atoms with E-state index in [1.54, 1.807) is 25.1 Å². The van der Waals surface area contributed by atoms with E-state index in [1.165, 1.54) is 0 Å². The molecule has 1 fully saturated rings. The van der Waals surface area contributed by atoms with Crippen LogP contribution in [0, 0.1) is 6.92 Å². The molecule has 1 heterocycles. The number of nitrogens with two attached hydrogens (primary N) is 1. The van der Waals surface area contributed by atoms with Gasteiger partial charge >= 0.3 is 5.97 Å². The van der Waals surface area contributed by atoms with E-state index in [4.69, 9.17) is 15.2 Å². The average Bonchev–Trinajstić information content (AvgIpc) is 2.48. The van der Waals surface area contributed by atoms with Crippen molar-refractivity contribution in [2.75, 3.05) is 25.6 Å². The highest BCUT2D eigenvalue weighted by molar-refractivity contribution is 5.93. The summed E-state index contributed by atoms with van der Waals surface area (Å²) < 4.78 is 10.2. The monoisotopic (exact) mass is 292 g/mol. The van der Waals surface area contributed by atoms with Gasteiger partial charge in [-0.05, 0) is 37.5 Å². The molecule has 0 radical (unpaired) electrons. The zero-order valence-corrected chi connectivity index (χ0v) is 12.1.